The number of likely N-dealkylation sites (tertiary alicyclic amines) is 1. The number of carboxylic acid groups (broad SMARTS) is 1. The molecule has 0 aliphatic carbocycles. The molecule has 1 atom stereocenters. The zero-order valence-electron chi connectivity index (χ0n) is 13.2. The van der Waals surface area contributed by atoms with Crippen molar-refractivity contribution >= 4 is 23.6 Å². The molecule has 1 fully saturated rings. The van der Waals surface area contributed by atoms with Crippen LogP contribution < -0.4 is 0 Å². The molecule has 1 aliphatic rings. The smallest absolute Gasteiger partial charge is 0.308 e. The highest BCUT2D eigenvalue weighted by Crippen LogP contribution is 2.26. The number of thioether (sulfide) groups is 1. The zero-order chi connectivity index (χ0) is 16.9. The molecule has 1 aliphatic heterocycles. The molecular formula is C18H19NO4S. The van der Waals surface area contributed by atoms with Crippen molar-refractivity contribution in [2.75, 3.05) is 13.1 Å². The first-order chi connectivity index (χ1) is 11.6. The SMILES string of the molecule is O=C(O)[C@H]1CCCN(C(=O)c2occc2CSc2ccccc2)C1. The number of nitrogens with zero attached hydrogens (tertiary/aromatic N) is 1. The number of rotatable bonds is 5. The lowest BCUT2D eigenvalue weighted by molar-refractivity contribution is -0.143. The van der Waals surface area contributed by atoms with Gasteiger partial charge in [0.2, 0.25) is 0 Å². The summed E-state index contributed by atoms with van der Waals surface area (Å²) in [5.74, 6) is -0.580. The van der Waals surface area contributed by atoms with Gasteiger partial charge in [-0.15, -0.1) is 11.8 Å². The molecular weight excluding hydrogens is 326 g/mol. The maximum atomic E-state index is 12.7. The highest BCUT2D eigenvalue weighted by molar-refractivity contribution is 7.98. The molecule has 0 unspecified atom stereocenters. The number of carboxylic acids is 1. The Morgan fingerprint density at radius 3 is 2.79 bits per heavy atom. The van der Waals surface area contributed by atoms with Crippen LogP contribution in [0.15, 0.2) is 52.0 Å². The topological polar surface area (TPSA) is 70.8 Å². The van der Waals surface area contributed by atoms with Crippen molar-refractivity contribution in [2.24, 2.45) is 5.92 Å². The summed E-state index contributed by atoms with van der Waals surface area (Å²) in [5.41, 5.74) is 0.839. The van der Waals surface area contributed by atoms with Crippen LogP contribution in [0.25, 0.3) is 0 Å². The summed E-state index contributed by atoms with van der Waals surface area (Å²) in [6.45, 7) is 0.828. The van der Waals surface area contributed by atoms with Crippen molar-refractivity contribution in [3.63, 3.8) is 0 Å². The summed E-state index contributed by atoms with van der Waals surface area (Å²) < 4.78 is 5.41. The van der Waals surface area contributed by atoms with Gasteiger partial charge in [-0.3, -0.25) is 9.59 Å². The van der Waals surface area contributed by atoms with Gasteiger partial charge in [0.25, 0.3) is 5.91 Å². The zero-order valence-corrected chi connectivity index (χ0v) is 14.0. The van der Waals surface area contributed by atoms with E-state index in [1.54, 1.807) is 16.7 Å². The predicted molar refractivity (Wildman–Crippen MR) is 91.0 cm³/mol. The van der Waals surface area contributed by atoms with E-state index >= 15 is 0 Å². The van der Waals surface area contributed by atoms with E-state index in [0.717, 1.165) is 10.5 Å². The minimum absolute atomic E-state index is 0.213. The van der Waals surface area contributed by atoms with Crippen LogP contribution >= 0.6 is 11.8 Å². The lowest BCUT2D eigenvalue weighted by atomic mass is 9.98. The molecule has 0 radical (unpaired) electrons. The quantitative estimate of drug-likeness (QED) is 0.840. The highest BCUT2D eigenvalue weighted by Gasteiger charge is 2.30. The summed E-state index contributed by atoms with van der Waals surface area (Å²) in [7, 11) is 0. The third-order valence-corrected chi connectivity index (χ3v) is 5.20. The van der Waals surface area contributed by atoms with Gasteiger partial charge in [0.1, 0.15) is 0 Å². The largest absolute Gasteiger partial charge is 0.481 e. The Morgan fingerprint density at radius 2 is 2.04 bits per heavy atom. The minimum Gasteiger partial charge on any atom is -0.481 e. The second-order valence-corrected chi connectivity index (χ2v) is 6.85. The normalized spacial score (nSPS) is 17.7. The summed E-state index contributed by atoms with van der Waals surface area (Å²) in [4.78, 5) is 26.6. The number of amides is 1. The average Bonchev–Trinajstić information content (AvgIpc) is 3.09. The Kier molecular flexibility index (Phi) is 5.25. The number of aliphatic carboxylic acids is 1. The summed E-state index contributed by atoms with van der Waals surface area (Å²) in [5, 5.41) is 9.17. The fourth-order valence-electron chi connectivity index (χ4n) is 2.82. The van der Waals surface area contributed by atoms with Gasteiger partial charge in [0.15, 0.2) is 5.76 Å². The Hall–Kier alpha value is -2.21. The Bertz CT molecular complexity index is 713. The standard InChI is InChI=1S/C18H19NO4S/c20-17(19-9-4-5-13(11-19)18(21)22)16-14(8-10-23-16)12-24-15-6-2-1-3-7-15/h1-3,6-8,10,13H,4-5,9,11-12H2,(H,21,22)/t13-/m0/s1. The van der Waals surface area contributed by atoms with Gasteiger partial charge in [0, 0.05) is 29.3 Å². The summed E-state index contributed by atoms with van der Waals surface area (Å²) >= 11 is 1.64. The molecule has 1 aromatic heterocycles. The fraction of sp³-hybridized carbons (Fsp3) is 0.333. The number of carbonyl (C=O) groups is 2. The van der Waals surface area contributed by atoms with E-state index in [0.29, 0.717) is 30.9 Å². The van der Waals surface area contributed by atoms with Gasteiger partial charge in [0.05, 0.1) is 12.2 Å². The number of furan rings is 1. The van der Waals surface area contributed by atoms with Gasteiger partial charge in [-0.25, -0.2) is 0 Å². The van der Waals surface area contributed by atoms with E-state index in [9.17, 15) is 9.59 Å². The monoisotopic (exact) mass is 345 g/mol. The van der Waals surface area contributed by atoms with Crippen molar-refractivity contribution in [3.8, 4) is 0 Å². The van der Waals surface area contributed by atoms with E-state index in [2.05, 4.69) is 0 Å². The van der Waals surface area contributed by atoms with Crippen LogP contribution in [-0.2, 0) is 10.5 Å². The van der Waals surface area contributed by atoms with Gasteiger partial charge in [-0.2, -0.15) is 0 Å². The van der Waals surface area contributed by atoms with Crippen molar-refractivity contribution in [1.29, 1.82) is 0 Å². The van der Waals surface area contributed by atoms with Gasteiger partial charge < -0.3 is 14.4 Å². The van der Waals surface area contributed by atoms with E-state index < -0.39 is 11.9 Å². The van der Waals surface area contributed by atoms with Gasteiger partial charge >= 0.3 is 5.97 Å². The first-order valence-electron chi connectivity index (χ1n) is 7.91. The maximum Gasteiger partial charge on any atom is 0.308 e. The molecule has 1 amide bonds. The van der Waals surface area contributed by atoms with Crippen LogP contribution in [0.3, 0.4) is 0 Å². The first-order valence-corrected chi connectivity index (χ1v) is 8.90. The third-order valence-electron chi connectivity index (χ3n) is 4.14. The van der Waals surface area contributed by atoms with Crippen molar-refractivity contribution in [2.45, 2.75) is 23.5 Å². The number of benzene rings is 1. The van der Waals surface area contributed by atoms with Crippen molar-refractivity contribution < 1.29 is 19.1 Å². The van der Waals surface area contributed by atoms with Crippen LogP contribution in [0.1, 0.15) is 29.0 Å². The predicted octanol–water partition coefficient (Wildman–Crippen LogP) is 3.51. The van der Waals surface area contributed by atoms with E-state index in [-0.39, 0.29) is 12.5 Å². The average molecular weight is 345 g/mol. The van der Waals surface area contributed by atoms with Gasteiger partial charge in [-0.05, 0) is 31.0 Å². The molecule has 126 valence electrons. The van der Waals surface area contributed by atoms with Crippen molar-refractivity contribution in [3.05, 3.63) is 54.0 Å². The number of carbonyl (C=O) groups excluding carboxylic acids is 1. The van der Waals surface area contributed by atoms with E-state index in [4.69, 9.17) is 9.52 Å². The van der Waals surface area contributed by atoms with Crippen LogP contribution in [0.2, 0.25) is 0 Å². The fourth-order valence-corrected chi connectivity index (χ4v) is 3.72. The maximum absolute atomic E-state index is 12.7. The van der Waals surface area contributed by atoms with Crippen molar-refractivity contribution in [1.82, 2.24) is 4.90 Å². The molecule has 3 rings (SSSR count). The highest BCUT2D eigenvalue weighted by atomic mass is 32.2. The molecule has 1 aromatic carbocycles. The molecule has 0 spiro atoms. The molecule has 6 heteroatoms. The molecule has 24 heavy (non-hydrogen) atoms. The summed E-state index contributed by atoms with van der Waals surface area (Å²) in [6.07, 6.45) is 2.85. The Balaban J connectivity index is 1.67. The van der Waals surface area contributed by atoms with E-state index in [1.807, 2.05) is 36.4 Å². The third kappa shape index (κ3) is 3.82. The molecule has 2 heterocycles. The first kappa shape index (κ1) is 16.6. The van der Waals surface area contributed by atoms with Crippen LogP contribution in [0.4, 0.5) is 0 Å². The number of piperidine rings is 1. The minimum atomic E-state index is -0.841. The molecule has 5 nitrogen and oxygen atoms in total. The second-order valence-electron chi connectivity index (χ2n) is 5.81. The Labute approximate surface area is 144 Å². The molecule has 1 N–H and O–H groups in total. The van der Waals surface area contributed by atoms with Crippen LogP contribution in [-0.4, -0.2) is 35.0 Å². The summed E-state index contributed by atoms with van der Waals surface area (Å²) in [6, 6.07) is 11.8. The molecule has 0 saturated carbocycles. The number of hydrogen-bond acceptors (Lipinski definition) is 4. The van der Waals surface area contributed by atoms with Crippen LogP contribution in [0, 0.1) is 5.92 Å². The molecule has 2 aromatic rings. The molecule has 0 bridgehead atoms. The number of hydrogen-bond donors (Lipinski definition) is 1. The lowest BCUT2D eigenvalue weighted by Crippen LogP contribution is -2.42. The van der Waals surface area contributed by atoms with Gasteiger partial charge in [-0.1, -0.05) is 18.2 Å². The second kappa shape index (κ2) is 7.57. The Morgan fingerprint density at radius 1 is 1.25 bits per heavy atom. The lowest BCUT2D eigenvalue weighted by Gasteiger charge is -2.30. The molecule has 1 saturated heterocycles. The van der Waals surface area contributed by atoms with E-state index in [1.165, 1.54) is 6.26 Å². The van der Waals surface area contributed by atoms with Crippen LogP contribution in [0.5, 0.6) is 0 Å².